The summed E-state index contributed by atoms with van der Waals surface area (Å²) in [5.74, 6) is 3.27. The van der Waals surface area contributed by atoms with Crippen molar-refractivity contribution in [2.45, 2.75) is 78.1 Å². The Kier molecular flexibility index (Phi) is 6.70. The number of carbonyl (C=O) groups is 1. The van der Waals surface area contributed by atoms with Crippen molar-refractivity contribution in [1.82, 2.24) is 5.32 Å². The van der Waals surface area contributed by atoms with Crippen LogP contribution in [-0.4, -0.2) is 20.0 Å². The molecule has 18 heavy (non-hydrogen) atoms. The van der Waals surface area contributed by atoms with E-state index in [1.165, 1.54) is 6.92 Å². The molecule has 104 valence electrons. The molecule has 0 bridgehead atoms. The number of amides is 1. The van der Waals surface area contributed by atoms with Crippen molar-refractivity contribution in [3.05, 3.63) is 0 Å². The van der Waals surface area contributed by atoms with Crippen molar-refractivity contribution in [3.63, 3.8) is 0 Å². The topological polar surface area (TPSA) is 29.1 Å². The Balaban J connectivity index is 5.25. The van der Waals surface area contributed by atoms with Gasteiger partial charge in [-0.1, -0.05) is 47.5 Å². The standard InChI is InChI=1S/C15H29NOSi/c1-11(2)18(12(3)4,13(5)6)10-9-14(7)16-15(8)17/h11-14H,1-8H3,(H,16,17)/t14-/m0/s1. The Labute approximate surface area is 114 Å². The van der Waals surface area contributed by atoms with Crippen molar-refractivity contribution >= 4 is 14.0 Å². The third-order valence-electron chi connectivity index (χ3n) is 3.79. The molecule has 0 heterocycles. The summed E-state index contributed by atoms with van der Waals surface area (Å²) < 4.78 is 0. The van der Waals surface area contributed by atoms with Crippen molar-refractivity contribution in [3.8, 4) is 11.5 Å². The van der Waals surface area contributed by atoms with E-state index in [-0.39, 0.29) is 11.9 Å². The minimum Gasteiger partial charge on any atom is -0.343 e. The van der Waals surface area contributed by atoms with Crippen molar-refractivity contribution in [2.24, 2.45) is 0 Å². The van der Waals surface area contributed by atoms with Gasteiger partial charge in [0, 0.05) is 6.92 Å². The van der Waals surface area contributed by atoms with Gasteiger partial charge in [-0.05, 0) is 23.5 Å². The zero-order chi connectivity index (χ0) is 14.5. The zero-order valence-electron chi connectivity index (χ0n) is 13.2. The molecule has 0 aliphatic rings. The molecule has 1 amide bonds. The molecule has 0 aromatic carbocycles. The average molecular weight is 267 g/mol. The van der Waals surface area contributed by atoms with E-state index >= 15 is 0 Å². The van der Waals surface area contributed by atoms with E-state index in [1.807, 2.05) is 6.92 Å². The van der Waals surface area contributed by atoms with Crippen molar-refractivity contribution in [2.75, 3.05) is 0 Å². The lowest BCUT2D eigenvalue weighted by Gasteiger charge is -2.38. The first-order valence-corrected chi connectivity index (χ1v) is 9.17. The van der Waals surface area contributed by atoms with E-state index in [0.717, 1.165) is 0 Å². The molecule has 0 rings (SSSR count). The van der Waals surface area contributed by atoms with Gasteiger partial charge in [0.1, 0.15) is 8.07 Å². The van der Waals surface area contributed by atoms with Crippen LogP contribution in [0.15, 0.2) is 0 Å². The fourth-order valence-corrected chi connectivity index (χ4v) is 8.34. The molecule has 0 unspecified atom stereocenters. The first-order chi connectivity index (χ1) is 8.14. The van der Waals surface area contributed by atoms with Crippen LogP contribution in [0.3, 0.4) is 0 Å². The van der Waals surface area contributed by atoms with Gasteiger partial charge in [0.05, 0.1) is 6.04 Å². The van der Waals surface area contributed by atoms with Gasteiger partial charge in [-0.15, -0.1) is 5.54 Å². The van der Waals surface area contributed by atoms with Crippen LogP contribution in [0.4, 0.5) is 0 Å². The van der Waals surface area contributed by atoms with Gasteiger partial charge in [-0.3, -0.25) is 4.79 Å². The molecule has 0 spiro atoms. The van der Waals surface area contributed by atoms with Gasteiger partial charge in [0.15, 0.2) is 0 Å². The summed E-state index contributed by atoms with van der Waals surface area (Å²) in [5.41, 5.74) is 5.51. The second-order valence-corrected chi connectivity index (χ2v) is 11.7. The van der Waals surface area contributed by atoms with Crippen LogP contribution in [0, 0.1) is 11.5 Å². The van der Waals surface area contributed by atoms with Gasteiger partial charge in [-0.2, -0.15) is 0 Å². The molecule has 0 saturated heterocycles. The summed E-state index contributed by atoms with van der Waals surface area (Å²) in [6.45, 7) is 17.3. The molecule has 1 atom stereocenters. The monoisotopic (exact) mass is 267 g/mol. The van der Waals surface area contributed by atoms with Crippen LogP contribution in [-0.2, 0) is 4.79 Å². The van der Waals surface area contributed by atoms with E-state index in [4.69, 9.17) is 0 Å². The zero-order valence-corrected chi connectivity index (χ0v) is 14.2. The van der Waals surface area contributed by atoms with E-state index in [9.17, 15) is 4.79 Å². The third kappa shape index (κ3) is 4.17. The van der Waals surface area contributed by atoms with E-state index in [1.54, 1.807) is 0 Å². The molecule has 0 fully saturated rings. The molecule has 0 aromatic rings. The van der Waals surface area contributed by atoms with Crippen LogP contribution >= 0.6 is 0 Å². The summed E-state index contributed by atoms with van der Waals surface area (Å²) in [5, 5.41) is 2.84. The second kappa shape index (κ2) is 6.99. The molecular weight excluding hydrogens is 238 g/mol. The summed E-state index contributed by atoms with van der Waals surface area (Å²) in [7, 11) is -1.65. The molecule has 0 aliphatic heterocycles. The van der Waals surface area contributed by atoms with Crippen LogP contribution in [0.5, 0.6) is 0 Å². The van der Waals surface area contributed by atoms with E-state index in [0.29, 0.717) is 16.6 Å². The number of nitrogens with one attached hydrogen (secondary N) is 1. The minimum atomic E-state index is -1.65. The average Bonchev–Trinajstić information content (AvgIpc) is 2.15. The molecular formula is C15H29NOSi. The van der Waals surface area contributed by atoms with Crippen LogP contribution in [0.25, 0.3) is 0 Å². The number of hydrogen-bond acceptors (Lipinski definition) is 1. The summed E-state index contributed by atoms with van der Waals surface area (Å²) >= 11 is 0. The molecule has 0 radical (unpaired) electrons. The molecule has 0 aromatic heterocycles. The van der Waals surface area contributed by atoms with Gasteiger partial charge in [0.25, 0.3) is 0 Å². The smallest absolute Gasteiger partial charge is 0.217 e. The number of hydrogen-bond donors (Lipinski definition) is 1. The highest BCUT2D eigenvalue weighted by Gasteiger charge is 2.41. The first-order valence-electron chi connectivity index (χ1n) is 6.94. The van der Waals surface area contributed by atoms with Crippen LogP contribution in [0.1, 0.15) is 55.4 Å². The Bertz CT molecular complexity index is 314. The number of carbonyl (C=O) groups excluding carboxylic acids is 1. The van der Waals surface area contributed by atoms with Crippen molar-refractivity contribution in [1.29, 1.82) is 0 Å². The highest BCUT2D eigenvalue weighted by atomic mass is 28.3. The molecule has 0 aliphatic carbocycles. The van der Waals surface area contributed by atoms with Crippen LogP contribution in [0.2, 0.25) is 16.6 Å². The van der Waals surface area contributed by atoms with Gasteiger partial charge in [-0.25, -0.2) is 0 Å². The van der Waals surface area contributed by atoms with Crippen molar-refractivity contribution < 1.29 is 4.79 Å². The fourth-order valence-electron chi connectivity index (χ4n) is 3.01. The minimum absolute atomic E-state index is 0.0114. The molecule has 0 saturated carbocycles. The lowest BCUT2D eigenvalue weighted by atomic mass is 10.3. The predicted octanol–water partition coefficient (Wildman–Crippen LogP) is 3.73. The Morgan fingerprint density at radius 1 is 0.944 bits per heavy atom. The Morgan fingerprint density at radius 2 is 1.33 bits per heavy atom. The fraction of sp³-hybridized carbons (Fsp3) is 0.800. The van der Waals surface area contributed by atoms with Gasteiger partial charge >= 0.3 is 0 Å². The maximum atomic E-state index is 11.0. The highest BCUT2D eigenvalue weighted by Crippen LogP contribution is 2.40. The molecule has 1 N–H and O–H groups in total. The quantitative estimate of drug-likeness (QED) is 0.610. The lowest BCUT2D eigenvalue weighted by molar-refractivity contribution is -0.119. The lowest BCUT2D eigenvalue weighted by Crippen LogP contribution is -2.43. The summed E-state index contributed by atoms with van der Waals surface area (Å²) in [4.78, 5) is 11.0. The third-order valence-corrected chi connectivity index (χ3v) is 10.1. The SMILES string of the molecule is CC(=O)N[C@@H](C)C#C[Si](C(C)C)(C(C)C)C(C)C. The Morgan fingerprint density at radius 3 is 1.61 bits per heavy atom. The predicted molar refractivity (Wildman–Crippen MR) is 82.1 cm³/mol. The first kappa shape index (κ1) is 17.2. The Hall–Kier alpha value is -0.753. The normalized spacial score (nSPS) is 13.5. The van der Waals surface area contributed by atoms with E-state index < -0.39 is 8.07 Å². The van der Waals surface area contributed by atoms with Crippen LogP contribution < -0.4 is 5.32 Å². The summed E-state index contributed by atoms with van der Waals surface area (Å²) in [6, 6.07) is -0.0503. The van der Waals surface area contributed by atoms with Gasteiger partial charge in [0.2, 0.25) is 5.91 Å². The maximum absolute atomic E-state index is 11.0. The van der Waals surface area contributed by atoms with E-state index in [2.05, 4.69) is 58.3 Å². The maximum Gasteiger partial charge on any atom is 0.217 e. The highest BCUT2D eigenvalue weighted by molar-refractivity contribution is 6.90. The largest absolute Gasteiger partial charge is 0.343 e. The molecule has 2 nitrogen and oxygen atoms in total. The second-order valence-electron chi connectivity index (χ2n) is 6.09. The van der Waals surface area contributed by atoms with Gasteiger partial charge < -0.3 is 5.32 Å². The summed E-state index contributed by atoms with van der Waals surface area (Å²) in [6.07, 6.45) is 0. The molecule has 3 heteroatoms. The number of rotatable bonds is 4.